The molecule has 0 unspecified atom stereocenters. The average molecular weight is 416 g/mol. The zero-order chi connectivity index (χ0) is 20.6. The summed E-state index contributed by atoms with van der Waals surface area (Å²) < 4.78 is 4.42. The highest BCUT2D eigenvalue weighted by atomic mass is 15.3. The Hall–Kier alpha value is -3.06. The third kappa shape index (κ3) is 3.63. The summed E-state index contributed by atoms with van der Waals surface area (Å²) >= 11 is 0. The van der Waals surface area contributed by atoms with Crippen LogP contribution in [0.5, 0.6) is 0 Å². The molecule has 4 aromatic rings. The zero-order valence-corrected chi connectivity index (χ0v) is 17.9. The van der Waals surface area contributed by atoms with E-state index >= 15 is 0 Å². The molecule has 0 N–H and O–H groups in total. The van der Waals surface area contributed by atoms with E-state index in [1.165, 1.54) is 37.0 Å². The van der Waals surface area contributed by atoms with Gasteiger partial charge in [0.2, 0.25) is 0 Å². The number of fused-ring (bicyclic) bond motifs is 2. The van der Waals surface area contributed by atoms with Crippen LogP contribution in [0.1, 0.15) is 12.8 Å². The number of piperazine rings is 1. The van der Waals surface area contributed by atoms with Gasteiger partial charge in [0.1, 0.15) is 17.1 Å². The van der Waals surface area contributed by atoms with E-state index in [4.69, 9.17) is 4.98 Å². The molecule has 0 saturated carbocycles. The second-order valence-corrected chi connectivity index (χ2v) is 8.69. The fourth-order valence-electron chi connectivity index (χ4n) is 4.95. The summed E-state index contributed by atoms with van der Waals surface area (Å²) in [5.74, 6) is 1.10. The van der Waals surface area contributed by atoms with Crippen molar-refractivity contribution in [1.29, 1.82) is 0 Å². The summed E-state index contributed by atoms with van der Waals surface area (Å²) in [4.78, 5) is 16.9. The van der Waals surface area contributed by atoms with Crippen molar-refractivity contribution in [2.75, 3.05) is 55.6 Å². The third-order valence-corrected chi connectivity index (χ3v) is 6.79. The van der Waals surface area contributed by atoms with Gasteiger partial charge in [-0.05, 0) is 56.3 Å². The summed E-state index contributed by atoms with van der Waals surface area (Å²) in [6.07, 6.45) is 10.9. The highest BCUT2D eigenvalue weighted by Gasteiger charge is 2.20. The lowest BCUT2D eigenvalue weighted by molar-refractivity contribution is 0.324. The Morgan fingerprint density at radius 2 is 1.61 bits per heavy atom. The predicted octanol–water partition coefficient (Wildman–Crippen LogP) is 3.11. The number of nitrogens with zero attached hydrogens (tertiary/aromatic N) is 7. The van der Waals surface area contributed by atoms with E-state index in [1.807, 2.05) is 12.4 Å². The first kappa shape index (κ1) is 18.7. The van der Waals surface area contributed by atoms with Gasteiger partial charge in [-0.1, -0.05) is 0 Å². The van der Waals surface area contributed by atoms with Gasteiger partial charge in [-0.25, -0.2) is 9.97 Å². The molecule has 2 fully saturated rings. The molecule has 160 valence electrons. The molecule has 0 spiro atoms. The van der Waals surface area contributed by atoms with Crippen molar-refractivity contribution < 1.29 is 0 Å². The smallest absolute Gasteiger partial charge is 0.142 e. The lowest BCUT2D eigenvalue weighted by atomic mass is 10.2. The molecule has 0 bridgehead atoms. The Bertz CT molecular complexity index is 1180. The number of hydrogen-bond donors (Lipinski definition) is 0. The van der Waals surface area contributed by atoms with Crippen LogP contribution >= 0.6 is 0 Å². The van der Waals surface area contributed by atoms with E-state index in [1.54, 1.807) is 0 Å². The van der Waals surface area contributed by atoms with Crippen LogP contribution in [-0.4, -0.2) is 69.6 Å². The topological polar surface area (TPSA) is 44.8 Å². The fraction of sp³-hybridized carbons (Fsp3) is 0.417. The molecule has 4 aromatic heterocycles. The molecular formula is C24H29N7. The fourth-order valence-corrected chi connectivity index (χ4v) is 4.95. The molecular weight excluding hydrogens is 386 g/mol. The maximum atomic E-state index is 5.08. The van der Waals surface area contributed by atoms with Crippen LogP contribution < -0.4 is 9.80 Å². The molecule has 2 aliphatic heterocycles. The van der Waals surface area contributed by atoms with E-state index in [2.05, 4.69) is 71.4 Å². The Balaban J connectivity index is 1.15. The number of likely N-dealkylation sites (tertiary alicyclic amines) is 1. The molecule has 2 aliphatic rings. The minimum atomic E-state index is 0.981. The Kier molecular flexibility index (Phi) is 4.76. The highest BCUT2D eigenvalue weighted by Crippen LogP contribution is 2.23. The van der Waals surface area contributed by atoms with Crippen LogP contribution in [0, 0.1) is 0 Å². The van der Waals surface area contributed by atoms with Gasteiger partial charge >= 0.3 is 0 Å². The summed E-state index contributed by atoms with van der Waals surface area (Å²) in [7, 11) is 0. The van der Waals surface area contributed by atoms with Gasteiger partial charge in [0, 0.05) is 69.4 Å². The lowest BCUT2D eigenvalue weighted by Gasteiger charge is -2.36. The quantitative estimate of drug-likeness (QED) is 0.501. The molecule has 7 heteroatoms. The number of aromatic nitrogens is 4. The first-order valence-corrected chi connectivity index (χ1v) is 11.4. The van der Waals surface area contributed by atoms with Gasteiger partial charge in [-0.15, -0.1) is 0 Å². The molecule has 2 saturated heterocycles. The molecule has 7 nitrogen and oxygen atoms in total. The Morgan fingerprint density at radius 3 is 2.48 bits per heavy atom. The van der Waals surface area contributed by atoms with Crippen LogP contribution in [0.3, 0.4) is 0 Å². The van der Waals surface area contributed by atoms with Crippen molar-refractivity contribution in [3.63, 3.8) is 0 Å². The van der Waals surface area contributed by atoms with Crippen LogP contribution in [-0.2, 0) is 6.54 Å². The summed E-state index contributed by atoms with van der Waals surface area (Å²) in [5.41, 5.74) is 3.36. The minimum Gasteiger partial charge on any atom is -0.367 e. The summed E-state index contributed by atoms with van der Waals surface area (Å²) in [5, 5.41) is 1.23. The van der Waals surface area contributed by atoms with Crippen molar-refractivity contribution in [2.45, 2.75) is 19.4 Å². The maximum Gasteiger partial charge on any atom is 0.142 e. The molecule has 0 amide bonds. The predicted molar refractivity (Wildman–Crippen MR) is 125 cm³/mol. The van der Waals surface area contributed by atoms with Gasteiger partial charge in [0.15, 0.2) is 0 Å². The van der Waals surface area contributed by atoms with Crippen molar-refractivity contribution in [3.8, 4) is 0 Å². The van der Waals surface area contributed by atoms with Gasteiger partial charge in [0.25, 0.3) is 0 Å². The zero-order valence-electron chi connectivity index (χ0n) is 17.9. The van der Waals surface area contributed by atoms with Crippen molar-refractivity contribution in [1.82, 2.24) is 23.8 Å². The lowest BCUT2D eigenvalue weighted by Crippen LogP contribution is -2.46. The Morgan fingerprint density at radius 1 is 0.774 bits per heavy atom. The second-order valence-electron chi connectivity index (χ2n) is 8.69. The van der Waals surface area contributed by atoms with Gasteiger partial charge in [0.05, 0.1) is 5.69 Å². The van der Waals surface area contributed by atoms with Crippen LogP contribution in [0.25, 0.3) is 16.7 Å². The van der Waals surface area contributed by atoms with Crippen molar-refractivity contribution in [3.05, 3.63) is 55.1 Å². The normalized spacial score (nSPS) is 17.9. The molecule has 0 aliphatic carbocycles. The van der Waals surface area contributed by atoms with Crippen molar-refractivity contribution >= 4 is 28.2 Å². The molecule has 0 atom stereocenters. The number of anilines is 2. The molecule has 6 rings (SSSR count). The van der Waals surface area contributed by atoms with Gasteiger partial charge in [-0.3, -0.25) is 0 Å². The third-order valence-electron chi connectivity index (χ3n) is 6.79. The van der Waals surface area contributed by atoms with Gasteiger partial charge < -0.3 is 23.7 Å². The van der Waals surface area contributed by atoms with E-state index in [0.29, 0.717) is 0 Å². The SMILES string of the molecule is c1cn2cc(N3CCN(c4ccc5ccn(CCN6CCCC6)c5n4)CC3)ccc2n1. The number of imidazole rings is 1. The number of pyridine rings is 2. The van der Waals surface area contributed by atoms with Gasteiger partial charge in [-0.2, -0.15) is 0 Å². The number of hydrogen-bond acceptors (Lipinski definition) is 5. The first-order valence-electron chi connectivity index (χ1n) is 11.4. The van der Waals surface area contributed by atoms with E-state index in [0.717, 1.165) is 56.4 Å². The highest BCUT2D eigenvalue weighted by molar-refractivity contribution is 5.78. The second kappa shape index (κ2) is 7.89. The molecule has 0 radical (unpaired) electrons. The minimum absolute atomic E-state index is 0.981. The van der Waals surface area contributed by atoms with Crippen LogP contribution in [0.2, 0.25) is 0 Å². The molecule has 31 heavy (non-hydrogen) atoms. The van der Waals surface area contributed by atoms with Crippen molar-refractivity contribution in [2.24, 2.45) is 0 Å². The number of rotatable bonds is 5. The first-order chi connectivity index (χ1) is 15.3. The maximum absolute atomic E-state index is 5.08. The average Bonchev–Trinajstić information content (AvgIpc) is 3.58. The monoisotopic (exact) mass is 415 g/mol. The largest absolute Gasteiger partial charge is 0.367 e. The standard InChI is InChI=1S/C24H29N7/c1-2-10-27(9-1)13-14-30-11-7-20-3-5-23(26-24(20)30)29-17-15-28(16-18-29)21-4-6-22-25-8-12-31(22)19-21/h3-8,11-12,19H,1-2,9-10,13-18H2. The van der Waals surface area contributed by atoms with E-state index in [-0.39, 0.29) is 0 Å². The van der Waals surface area contributed by atoms with Crippen LogP contribution in [0.15, 0.2) is 55.1 Å². The van der Waals surface area contributed by atoms with Crippen LogP contribution in [0.4, 0.5) is 11.5 Å². The summed E-state index contributed by atoms with van der Waals surface area (Å²) in [6.45, 7) is 8.58. The van der Waals surface area contributed by atoms with E-state index < -0.39 is 0 Å². The van der Waals surface area contributed by atoms with E-state index in [9.17, 15) is 0 Å². The Labute approximate surface area is 182 Å². The molecule has 0 aromatic carbocycles. The molecule has 6 heterocycles. The summed E-state index contributed by atoms with van der Waals surface area (Å²) in [6, 6.07) is 10.9.